The van der Waals surface area contributed by atoms with E-state index in [-0.39, 0.29) is 17.8 Å². The average Bonchev–Trinajstić information content (AvgIpc) is 3.32. The number of rotatable bonds is 6. The van der Waals surface area contributed by atoms with Gasteiger partial charge in [-0.25, -0.2) is 9.37 Å². The molecule has 1 unspecified atom stereocenters. The standard InChI is InChI=1S/C22H23FN2OS/c23-17-13-11-16(12-14-17)19-7-5-15-25(19)22(26)10-4-3-9-21-24-18-6-1-2-8-20(18)27-21/h1-2,6,8,11-14,19H,3-5,7,9-10,15H2. The first-order chi connectivity index (χ1) is 13.2. The van der Waals surface area contributed by atoms with Crippen LogP contribution in [0.25, 0.3) is 10.2 Å². The van der Waals surface area contributed by atoms with Crippen molar-refractivity contribution in [2.24, 2.45) is 0 Å². The fourth-order valence-corrected chi connectivity index (χ4v) is 4.83. The van der Waals surface area contributed by atoms with Crippen molar-refractivity contribution in [3.63, 3.8) is 0 Å². The van der Waals surface area contributed by atoms with Gasteiger partial charge in [-0.2, -0.15) is 0 Å². The van der Waals surface area contributed by atoms with Gasteiger partial charge in [0.2, 0.25) is 5.91 Å². The minimum absolute atomic E-state index is 0.0994. The number of unbranched alkanes of at least 4 members (excludes halogenated alkanes) is 1. The normalized spacial score (nSPS) is 16.9. The maximum atomic E-state index is 13.2. The number of amides is 1. The van der Waals surface area contributed by atoms with Gasteiger partial charge < -0.3 is 4.90 Å². The molecule has 0 N–H and O–H groups in total. The predicted octanol–water partition coefficient (Wildman–Crippen LogP) is 5.51. The van der Waals surface area contributed by atoms with Gasteiger partial charge in [0.25, 0.3) is 0 Å². The van der Waals surface area contributed by atoms with Crippen LogP contribution in [0.4, 0.5) is 4.39 Å². The molecule has 2 aromatic carbocycles. The molecule has 1 amide bonds. The highest BCUT2D eigenvalue weighted by molar-refractivity contribution is 7.18. The lowest BCUT2D eigenvalue weighted by Crippen LogP contribution is -2.30. The zero-order valence-electron chi connectivity index (χ0n) is 15.2. The molecule has 1 fully saturated rings. The second kappa shape index (κ2) is 8.17. The highest BCUT2D eigenvalue weighted by atomic mass is 32.1. The lowest BCUT2D eigenvalue weighted by molar-refractivity contribution is -0.132. The number of nitrogens with zero attached hydrogens (tertiary/aromatic N) is 2. The molecule has 1 aliphatic rings. The summed E-state index contributed by atoms with van der Waals surface area (Å²) >= 11 is 1.74. The number of thiazole rings is 1. The molecule has 140 valence electrons. The molecule has 5 heteroatoms. The topological polar surface area (TPSA) is 33.2 Å². The van der Waals surface area contributed by atoms with E-state index in [1.165, 1.54) is 16.8 Å². The van der Waals surface area contributed by atoms with Gasteiger partial charge in [-0.05, 0) is 61.9 Å². The zero-order valence-corrected chi connectivity index (χ0v) is 16.1. The molecule has 2 heterocycles. The summed E-state index contributed by atoms with van der Waals surface area (Å²) < 4.78 is 14.4. The first-order valence-electron chi connectivity index (χ1n) is 9.60. The summed E-state index contributed by atoms with van der Waals surface area (Å²) in [5, 5.41) is 1.15. The third-order valence-corrected chi connectivity index (χ3v) is 6.29. The fourth-order valence-electron chi connectivity index (χ4n) is 3.82. The van der Waals surface area contributed by atoms with E-state index in [1.807, 2.05) is 23.1 Å². The van der Waals surface area contributed by atoms with Gasteiger partial charge in [-0.3, -0.25) is 4.79 Å². The maximum Gasteiger partial charge on any atom is 0.223 e. The SMILES string of the molecule is O=C(CCCCc1nc2ccccc2s1)N1CCCC1c1ccc(F)cc1. The molecule has 1 aromatic heterocycles. The van der Waals surface area contributed by atoms with Crippen LogP contribution in [0.1, 0.15) is 48.7 Å². The van der Waals surface area contributed by atoms with E-state index in [2.05, 4.69) is 11.1 Å². The van der Waals surface area contributed by atoms with Crippen molar-refractivity contribution >= 4 is 27.5 Å². The molecular formula is C22H23FN2OS. The molecule has 0 spiro atoms. The number of carbonyl (C=O) groups is 1. The molecular weight excluding hydrogens is 359 g/mol. The summed E-state index contributed by atoms with van der Waals surface area (Å²) in [6.45, 7) is 0.804. The number of fused-ring (bicyclic) bond motifs is 1. The minimum Gasteiger partial charge on any atom is -0.336 e. The lowest BCUT2D eigenvalue weighted by Gasteiger charge is -2.25. The number of para-hydroxylation sites is 1. The van der Waals surface area contributed by atoms with Crippen LogP contribution in [0, 0.1) is 5.82 Å². The van der Waals surface area contributed by atoms with Crippen LogP contribution in [0.15, 0.2) is 48.5 Å². The van der Waals surface area contributed by atoms with E-state index in [1.54, 1.807) is 23.5 Å². The zero-order chi connectivity index (χ0) is 18.6. The molecule has 27 heavy (non-hydrogen) atoms. The van der Waals surface area contributed by atoms with Crippen LogP contribution in [-0.4, -0.2) is 22.3 Å². The van der Waals surface area contributed by atoms with E-state index >= 15 is 0 Å². The lowest BCUT2D eigenvalue weighted by atomic mass is 10.0. The highest BCUT2D eigenvalue weighted by Crippen LogP contribution is 2.32. The summed E-state index contributed by atoms with van der Waals surface area (Å²) in [4.78, 5) is 19.3. The second-order valence-electron chi connectivity index (χ2n) is 7.08. The second-order valence-corrected chi connectivity index (χ2v) is 8.19. The van der Waals surface area contributed by atoms with Crippen LogP contribution >= 0.6 is 11.3 Å². The van der Waals surface area contributed by atoms with Crippen molar-refractivity contribution in [2.45, 2.75) is 44.6 Å². The number of benzene rings is 2. The van der Waals surface area contributed by atoms with Crippen molar-refractivity contribution in [3.8, 4) is 0 Å². The Hall–Kier alpha value is -2.27. The van der Waals surface area contributed by atoms with Gasteiger partial charge in [0.1, 0.15) is 5.82 Å². The average molecular weight is 383 g/mol. The van der Waals surface area contributed by atoms with Crippen molar-refractivity contribution < 1.29 is 9.18 Å². The smallest absolute Gasteiger partial charge is 0.223 e. The molecule has 1 atom stereocenters. The third kappa shape index (κ3) is 4.19. The number of aromatic nitrogens is 1. The Bertz CT molecular complexity index is 888. The number of halogens is 1. The number of likely N-dealkylation sites (tertiary alicyclic amines) is 1. The van der Waals surface area contributed by atoms with E-state index in [4.69, 9.17) is 0 Å². The summed E-state index contributed by atoms with van der Waals surface area (Å²) in [7, 11) is 0. The Morgan fingerprint density at radius 2 is 1.96 bits per heavy atom. The van der Waals surface area contributed by atoms with Gasteiger partial charge in [0.15, 0.2) is 0 Å². The Morgan fingerprint density at radius 1 is 1.15 bits per heavy atom. The van der Waals surface area contributed by atoms with Gasteiger partial charge in [-0.15, -0.1) is 11.3 Å². The monoisotopic (exact) mass is 382 g/mol. The largest absolute Gasteiger partial charge is 0.336 e. The number of hydrogen-bond acceptors (Lipinski definition) is 3. The molecule has 0 radical (unpaired) electrons. The van der Waals surface area contributed by atoms with Crippen molar-refractivity contribution in [3.05, 3.63) is 64.9 Å². The van der Waals surface area contributed by atoms with Crippen molar-refractivity contribution in [1.29, 1.82) is 0 Å². The summed E-state index contributed by atoms with van der Waals surface area (Å²) in [5.41, 5.74) is 2.10. The number of carbonyl (C=O) groups excluding carboxylic acids is 1. The van der Waals surface area contributed by atoms with Crippen LogP contribution in [0.3, 0.4) is 0 Å². The molecule has 1 saturated heterocycles. The van der Waals surface area contributed by atoms with Gasteiger partial charge in [-0.1, -0.05) is 24.3 Å². The minimum atomic E-state index is -0.232. The summed E-state index contributed by atoms with van der Waals surface area (Å²) in [5.74, 6) is -0.0180. The molecule has 0 aliphatic carbocycles. The van der Waals surface area contributed by atoms with E-state index in [0.717, 1.165) is 54.7 Å². The Labute approximate surface area is 162 Å². The first kappa shape index (κ1) is 18.1. The molecule has 3 nitrogen and oxygen atoms in total. The maximum absolute atomic E-state index is 13.2. The molecule has 0 bridgehead atoms. The Kier molecular flexibility index (Phi) is 5.48. The quantitative estimate of drug-likeness (QED) is 0.527. The third-order valence-electron chi connectivity index (χ3n) is 5.20. The highest BCUT2D eigenvalue weighted by Gasteiger charge is 2.29. The van der Waals surface area contributed by atoms with E-state index in [0.29, 0.717) is 6.42 Å². The first-order valence-corrected chi connectivity index (χ1v) is 10.4. The predicted molar refractivity (Wildman–Crippen MR) is 107 cm³/mol. The number of hydrogen-bond donors (Lipinski definition) is 0. The van der Waals surface area contributed by atoms with Crippen LogP contribution in [0.2, 0.25) is 0 Å². The summed E-state index contributed by atoms with van der Waals surface area (Å²) in [6.07, 6.45) is 5.32. The molecule has 4 rings (SSSR count). The van der Waals surface area contributed by atoms with Crippen molar-refractivity contribution in [1.82, 2.24) is 9.88 Å². The van der Waals surface area contributed by atoms with Gasteiger partial charge in [0, 0.05) is 13.0 Å². The summed E-state index contributed by atoms with van der Waals surface area (Å²) in [6, 6.07) is 14.9. The van der Waals surface area contributed by atoms with Crippen molar-refractivity contribution in [2.75, 3.05) is 6.54 Å². The molecule has 0 saturated carbocycles. The Balaban J connectivity index is 1.29. The Morgan fingerprint density at radius 3 is 2.78 bits per heavy atom. The van der Waals surface area contributed by atoms with E-state index < -0.39 is 0 Å². The van der Waals surface area contributed by atoms with E-state index in [9.17, 15) is 9.18 Å². The van der Waals surface area contributed by atoms with Gasteiger partial charge in [0.05, 0.1) is 21.3 Å². The van der Waals surface area contributed by atoms with Gasteiger partial charge >= 0.3 is 0 Å². The van der Waals surface area contributed by atoms with Crippen LogP contribution < -0.4 is 0 Å². The fraction of sp³-hybridized carbons (Fsp3) is 0.364. The molecule has 1 aliphatic heterocycles. The van der Waals surface area contributed by atoms with Crippen LogP contribution in [-0.2, 0) is 11.2 Å². The van der Waals surface area contributed by atoms with Crippen LogP contribution in [0.5, 0.6) is 0 Å². The number of aryl methyl sites for hydroxylation is 1. The molecule has 3 aromatic rings.